The maximum absolute atomic E-state index is 5.70. The zero-order valence-electron chi connectivity index (χ0n) is 7.77. The van der Waals surface area contributed by atoms with E-state index in [9.17, 15) is 0 Å². The third kappa shape index (κ3) is 1.82. The van der Waals surface area contributed by atoms with Crippen molar-refractivity contribution in [3.63, 3.8) is 0 Å². The molecule has 0 saturated carbocycles. The highest BCUT2D eigenvalue weighted by atomic mass is 14.6. The zero-order valence-corrected chi connectivity index (χ0v) is 7.77. The maximum Gasteiger partial charge on any atom is 0.0350 e. The Morgan fingerprint density at radius 3 is 2.92 bits per heavy atom. The van der Waals surface area contributed by atoms with E-state index < -0.39 is 0 Å². The molecule has 1 nitrogen and oxygen atoms in total. The highest BCUT2D eigenvalue weighted by Crippen LogP contribution is 2.37. The van der Waals surface area contributed by atoms with Crippen LogP contribution in [0.3, 0.4) is 0 Å². The van der Waals surface area contributed by atoms with Gasteiger partial charge in [-0.2, -0.15) is 0 Å². The molecule has 0 aliphatic heterocycles. The van der Waals surface area contributed by atoms with Crippen molar-refractivity contribution < 1.29 is 0 Å². The fourth-order valence-electron chi connectivity index (χ4n) is 1.82. The van der Waals surface area contributed by atoms with E-state index in [1.807, 2.05) is 0 Å². The van der Waals surface area contributed by atoms with Gasteiger partial charge in [-0.15, -0.1) is 6.42 Å². The molecule has 66 valence electrons. The molecule has 0 aromatic rings. The summed E-state index contributed by atoms with van der Waals surface area (Å²) in [7, 11) is 0. The van der Waals surface area contributed by atoms with Crippen LogP contribution in [0.15, 0.2) is 11.8 Å². The van der Waals surface area contributed by atoms with E-state index in [1.54, 1.807) is 0 Å². The van der Waals surface area contributed by atoms with Crippen molar-refractivity contribution in [2.24, 2.45) is 11.1 Å². The first-order valence-corrected chi connectivity index (χ1v) is 4.65. The lowest BCUT2D eigenvalue weighted by Crippen LogP contribution is -2.22. The Morgan fingerprint density at radius 1 is 1.75 bits per heavy atom. The molecule has 0 aromatic carbocycles. The molecular weight excluding hydrogens is 146 g/mol. The molecule has 1 aliphatic rings. The molecule has 12 heavy (non-hydrogen) atoms. The largest absolute Gasteiger partial charge is 0.402 e. The number of terminal acetylenes is 1. The lowest BCUT2D eigenvalue weighted by molar-refractivity contribution is 0.325. The van der Waals surface area contributed by atoms with Gasteiger partial charge in [-0.1, -0.05) is 25.3 Å². The minimum atomic E-state index is 0.123. The van der Waals surface area contributed by atoms with Crippen LogP contribution in [0.2, 0.25) is 0 Å². The van der Waals surface area contributed by atoms with Crippen molar-refractivity contribution in [2.45, 2.75) is 39.0 Å². The molecule has 1 aliphatic carbocycles. The number of allylic oxidation sites excluding steroid dienone is 2. The third-order valence-corrected chi connectivity index (χ3v) is 2.68. The van der Waals surface area contributed by atoms with Gasteiger partial charge in [-0.05, 0) is 25.7 Å². The molecule has 0 heterocycles. The smallest absolute Gasteiger partial charge is 0.0350 e. The maximum atomic E-state index is 5.70. The Labute approximate surface area is 75.0 Å². The van der Waals surface area contributed by atoms with Crippen LogP contribution in [0.4, 0.5) is 0 Å². The van der Waals surface area contributed by atoms with Crippen LogP contribution >= 0.6 is 0 Å². The fourth-order valence-corrected chi connectivity index (χ4v) is 1.82. The molecule has 0 amide bonds. The monoisotopic (exact) mass is 163 g/mol. The van der Waals surface area contributed by atoms with Crippen molar-refractivity contribution in [2.75, 3.05) is 0 Å². The second kappa shape index (κ2) is 3.67. The Morgan fingerprint density at radius 2 is 2.50 bits per heavy atom. The molecule has 0 saturated heterocycles. The lowest BCUT2D eigenvalue weighted by Gasteiger charge is -2.30. The van der Waals surface area contributed by atoms with Crippen molar-refractivity contribution in [1.29, 1.82) is 0 Å². The Bertz CT molecular complexity index is 222. The van der Waals surface area contributed by atoms with E-state index in [1.165, 1.54) is 0 Å². The molecule has 1 unspecified atom stereocenters. The lowest BCUT2D eigenvalue weighted by atomic mass is 9.74. The van der Waals surface area contributed by atoms with Gasteiger partial charge in [0.15, 0.2) is 0 Å². The van der Waals surface area contributed by atoms with Gasteiger partial charge >= 0.3 is 0 Å². The highest BCUT2D eigenvalue weighted by molar-refractivity contribution is 5.15. The van der Waals surface area contributed by atoms with E-state index in [0.717, 1.165) is 37.8 Å². The molecule has 0 aromatic heterocycles. The molecule has 1 heteroatoms. The summed E-state index contributed by atoms with van der Waals surface area (Å²) in [6.07, 6.45) is 13.0. The minimum Gasteiger partial charge on any atom is -0.402 e. The molecule has 0 fully saturated rings. The molecular formula is C11H17N. The Hall–Kier alpha value is -0.900. The van der Waals surface area contributed by atoms with Gasteiger partial charge in [0, 0.05) is 11.1 Å². The Kier molecular flexibility index (Phi) is 2.81. The van der Waals surface area contributed by atoms with Crippen LogP contribution in [0.1, 0.15) is 39.0 Å². The number of nitrogens with two attached hydrogens (primary N) is 1. The number of hydrogen-bond acceptors (Lipinski definition) is 1. The second-order valence-corrected chi connectivity index (χ2v) is 3.66. The molecule has 0 bridgehead atoms. The summed E-state index contributed by atoms with van der Waals surface area (Å²) in [5.41, 5.74) is 6.83. The molecule has 2 N–H and O–H groups in total. The van der Waals surface area contributed by atoms with Crippen molar-refractivity contribution in [3.05, 3.63) is 11.8 Å². The molecule has 1 rings (SSSR count). The topological polar surface area (TPSA) is 26.0 Å². The van der Waals surface area contributed by atoms with Gasteiger partial charge in [0.25, 0.3) is 0 Å². The summed E-state index contributed by atoms with van der Waals surface area (Å²) in [6.45, 7) is 2.18. The summed E-state index contributed by atoms with van der Waals surface area (Å²) in [6, 6.07) is 0. The van der Waals surface area contributed by atoms with Gasteiger partial charge in [0.05, 0.1) is 0 Å². The third-order valence-electron chi connectivity index (χ3n) is 2.68. The summed E-state index contributed by atoms with van der Waals surface area (Å²) >= 11 is 0. The predicted octanol–water partition coefficient (Wildman–Crippen LogP) is 2.43. The van der Waals surface area contributed by atoms with Crippen LogP contribution < -0.4 is 5.73 Å². The zero-order chi connectivity index (χ0) is 9.03. The predicted molar refractivity (Wildman–Crippen MR) is 52.3 cm³/mol. The van der Waals surface area contributed by atoms with Gasteiger partial charge < -0.3 is 5.73 Å². The van der Waals surface area contributed by atoms with E-state index in [4.69, 9.17) is 12.2 Å². The average Bonchev–Trinajstić information content (AvgIpc) is 2.10. The normalized spacial score (nSPS) is 29.2. The SMILES string of the molecule is C#CC1(CCC)CC=C(N)CC1. The quantitative estimate of drug-likeness (QED) is 0.622. The first kappa shape index (κ1) is 9.19. The van der Waals surface area contributed by atoms with Gasteiger partial charge in [0.1, 0.15) is 0 Å². The Balaban J connectivity index is 2.66. The van der Waals surface area contributed by atoms with Gasteiger partial charge in [-0.25, -0.2) is 0 Å². The van der Waals surface area contributed by atoms with E-state index in [2.05, 4.69) is 18.9 Å². The number of hydrogen-bond donors (Lipinski definition) is 1. The van der Waals surface area contributed by atoms with Gasteiger partial charge in [-0.3, -0.25) is 0 Å². The fraction of sp³-hybridized carbons (Fsp3) is 0.636. The van der Waals surface area contributed by atoms with Gasteiger partial charge in [0.2, 0.25) is 0 Å². The average molecular weight is 163 g/mol. The van der Waals surface area contributed by atoms with Crippen molar-refractivity contribution in [1.82, 2.24) is 0 Å². The standard InChI is InChI=1S/C11H17N/c1-3-7-11(4-2)8-5-10(12)6-9-11/h2,5H,3,6-9,12H2,1H3. The van der Waals surface area contributed by atoms with Crippen LogP contribution in [0, 0.1) is 17.8 Å². The van der Waals surface area contributed by atoms with Crippen molar-refractivity contribution in [3.8, 4) is 12.3 Å². The molecule has 0 radical (unpaired) electrons. The highest BCUT2D eigenvalue weighted by Gasteiger charge is 2.27. The molecule has 0 spiro atoms. The minimum absolute atomic E-state index is 0.123. The number of rotatable bonds is 2. The van der Waals surface area contributed by atoms with Crippen LogP contribution in [0.5, 0.6) is 0 Å². The summed E-state index contributed by atoms with van der Waals surface area (Å²) in [4.78, 5) is 0. The van der Waals surface area contributed by atoms with E-state index in [0.29, 0.717) is 0 Å². The van der Waals surface area contributed by atoms with Crippen LogP contribution in [-0.2, 0) is 0 Å². The van der Waals surface area contributed by atoms with Crippen molar-refractivity contribution >= 4 is 0 Å². The summed E-state index contributed by atoms with van der Waals surface area (Å²) in [5.74, 6) is 2.94. The van der Waals surface area contributed by atoms with E-state index in [-0.39, 0.29) is 5.41 Å². The summed E-state index contributed by atoms with van der Waals surface area (Å²) < 4.78 is 0. The van der Waals surface area contributed by atoms with Crippen LogP contribution in [0.25, 0.3) is 0 Å². The molecule has 1 atom stereocenters. The first-order chi connectivity index (χ1) is 5.72. The first-order valence-electron chi connectivity index (χ1n) is 4.65. The van der Waals surface area contributed by atoms with E-state index >= 15 is 0 Å². The summed E-state index contributed by atoms with van der Waals surface area (Å²) in [5, 5.41) is 0. The second-order valence-electron chi connectivity index (χ2n) is 3.66. The van der Waals surface area contributed by atoms with Crippen LogP contribution in [-0.4, -0.2) is 0 Å².